The first-order chi connectivity index (χ1) is 10.4. The van der Waals surface area contributed by atoms with Crippen LogP contribution in [0.2, 0.25) is 0 Å². The first-order valence-corrected chi connectivity index (χ1v) is 9.50. The minimum absolute atomic E-state index is 0.863. The lowest BCUT2D eigenvalue weighted by Gasteiger charge is -2.19. The fourth-order valence-corrected chi connectivity index (χ4v) is 3.91. The van der Waals surface area contributed by atoms with E-state index in [1.54, 1.807) is 0 Å². The molecule has 21 heavy (non-hydrogen) atoms. The minimum Gasteiger partial charge on any atom is -0.462 e. The van der Waals surface area contributed by atoms with Gasteiger partial charge in [0, 0.05) is 6.42 Å². The van der Waals surface area contributed by atoms with Crippen LogP contribution in [0.15, 0.2) is 0 Å². The van der Waals surface area contributed by atoms with Gasteiger partial charge in [0.1, 0.15) is 6.11 Å². The van der Waals surface area contributed by atoms with Crippen molar-refractivity contribution < 1.29 is 5.11 Å². The second kappa shape index (κ2) is 13.1. The summed E-state index contributed by atoms with van der Waals surface area (Å²) in [4.78, 5) is 0. The van der Waals surface area contributed by atoms with Crippen LogP contribution in [0.3, 0.4) is 0 Å². The zero-order chi connectivity index (χ0) is 15.2. The number of hydrogen-bond donors (Lipinski definition) is 1. The first kappa shape index (κ1) is 18.4. The molecule has 1 saturated carbocycles. The van der Waals surface area contributed by atoms with Gasteiger partial charge < -0.3 is 5.11 Å². The fourth-order valence-electron chi connectivity index (χ4n) is 3.91. The van der Waals surface area contributed by atoms with E-state index in [-0.39, 0.29) is 0 Å². The van der Waals surface area contributed by atoms with Gasteiger partial charge in [-0.3, -0.25) is 0 Å². The Labute approximate surface area is 132 Å². The molecular formula is C20H36O. The molecule has 1 nitrogen and oxygen atoms in total. The molecule has 0 aromatic carbocycles. The molecule has 0 bridgehead atoms. The van der Waals surface area contributed by atoms with Crippen LogP contribution in [-0.2, 0) is 0 Å². The first-order valence-electron chi connectivity index (χ1n) is 9.50. The van der Waals surface area contributed by atoms with Crippen molar-refractivity contribution in [2.75, 3.05) is 0 Å². The SMILES string of the molecule is CCCCCCCC[C@H]1CCC[C@@H]1CCCCCC#CO. The van der Waals surface area contributed by atoms with Crippen LogP contribution in [0.4, 0.5) is 0 Å². The van der Waals surface area contributed by atoms with E-state index in [2.05, 4.69) is 12.8 Å². The molecule has 1 aliphatic carbocycles. The molecule has 0 aromatic heterocycles. The predicted octanol–water partition coefficient (Wildman–Crippen LogP) is 6.44. The summed E-state index contributed by atoms with van der Waals surface area (Å²) in [6.45, 7) is 2.29. The van der Waals surface area contributed by atoms with Crippen molar-refractivity contribution in [1.29, 1.82) is 0 Å². The van der Waals surface area contributed by atoms with E-state index in [1.807, 2.05) is 6.11 Å². The zero-order valence-electron chi connectivity index (χ0n) is 14.2. The predicted molar refractivity (Wildman–Crippen MR) is 91.6 cm³/mol. The highest BCUT2D eigenvalue weighted by Gasteiger charge is 2.25. The molecule has 2 atom stereocenters. The van der Waals surface area contributed by atoms with E-state index in [0.717, 1.165) is 24.7 Å². The number of aliphatic hydroxyl groups excluding tert-OH is 1. The van der Waals surface area contributed by atoms with Crippen molar-refractivity contribution in [3.8, 4) is 12.0 Å². The molecule has 0 radical (unpaired) electrons. The van der Waals surface area contributed by atoms with E-state index in [9.17, 15) is 0 Å². The van der Waals surface area contributed by atoms with Crippen LogP contribution in [0, 0.1) is 23.9 Å². The standard InChI is InChI=1S/C20H36O/c1-2-3-4-5-7-10-14-19-16-13-17-20(19)15-11-8-6-9-12-18-21/h19-21H,2-11,13-17H2,1H3/t19-,20-/m0/s1. The summed E-state index contributed by atoms with van der Waals surface area (Å²) in [5, 5.41) is 8.42. The average Bonchev–Trinajstić information content (AvgIpc) is 2.94. The Kier molecular flexibility index (Phi) is 11.4. The zero-order valence-corrected chi connectivity index (χ0v) is 14.2. The van der Waals surface area contributed by atoms with E-state index in [1.165, 1.54) is 83.5 Å². The smallest absolute Gasteiger partial charge is 0.107 e. The number of rotatable bonds is 12. The Morgan fingerprint density at radius 1 is 0.810 bits per heavy atom. The molecule has 1 aliphatic rings. The van der Waals surface area contributed by atoms with Crippen molar-refractivity contribution in [1.82, 2.24) is 0 Å². The third-order valence-electron chi connectivity index (χ3n) is 5.20. The van der Waals surface area contributed by atoms with E-state index in [0.29, 0.717) is 0 Å². The maximum absolute atomic E-state index is 8.42. The molecule has 0 spiro atoms. The lowest BCUT2D eigenvalue weighted by molar-refractivity contribution is 0.323. The van der Waals surface area contributed by atoms with Crippen molar-refractivity contribution in [3.63, 3.8) is 0 Å². The lowest BCUT2D eigenvalue weighted by atomic mass is 9.87. The second-order valence-corrected chi connectivity index (χ2v) is 6.90. The summed E-state index contributed by atoms with van der Waals surface area (Å²) < 4.78 is 0. The molecule has 1 fully saturated rings. The Hall–Kier alpha value is -0.640. The summed E-state index contributed by atoms with van der Waals surface area (Å²) >= 11 is 0. The second-order valence-electron chi connectivity index (χ2n) is 6.90. The highest BCUT2D eigenvalue weighted by molar-refractivity contribution is 4.89. The monoisotopic (exact) mass is 292 g/mol. The van der Waals surface area contributed by atoms with Crippen LogP contribution < -0.4 is 0 Å². The van der Waals surface area contributed by atoms with Crippen molar-refractivity contribution in [2.24, 2.45) is 11.8 Å². The van der Waals surface area contributed by atoms with Gasteiger partial charge in [-0.05, 0) is 18.3 Å². The summed E-state index contributed by atoms with van der Waals surface area (Å²) in [6, 6.07) is 0. The largest absolute Gasteiger partial charge is 0.462 e. The Morgan fingerprint density at radius 2 is 1.38 bits per heavy atom. The topological polar surface area (TPSA) is 20.2 Å². The molecule has 1 rings (SSSR count). The minimum atomic E-state index is 0.863. The Bertz CT molecular complexity index is 286. The number of aliphatic hydroxyl groups is 1. The third-order valence-corrected chi connectivity index (χ3v) is 5.20. The van der Waals surface area contributed by atoms with Crippen molar-refractivity contribution in [3.05, 3.63) is 0 Å². The van der Waals surface area contributed by atoms with Gasteiger partial charge in [-0.25, -0.2) is 0 Å². The Balaban J connectivity index is 2.01. The van der Waals surface area contributed by atoms with Gasteiger partial charge in [-0.1, -0.05) is 96.3 Å². The lowest BCUT2D eigenvalue weighted by Crippen LogP contribution is -2.08. The van der Waals surface area contributed by atoms with Gasteiger partial charge in [0.05, 0.1) is 0 Å². The molecule has 1 heteroatoms. The quantitative estimate of drug-likeness (QED) is 0.324. The number of unbranched alkanes of at least 4 members (excludes halogenated alkanes) is 8. The summed E-state index contributed by atoms with van der Waals surface area (Å²) in [5.74, 6) is 4.79. The van der Waals surface area contributed by atoms with E-state index < -0.39 is 0 Å². The molecule has 0 amide bonds. The molecule has 0 unspecified atom stereocenters. The highest BCUT2D eigenvalue weighted by Crippen LogP contribution is 2.38. The maximum atomic E-state index is 8.42. The number of hydrogen-bond acceptors (Lipinski definition) is 1. The molecular weight excluding hydrogens is 256 g/mol. The molecule has 1 N–H and O–H groups in total. The van der Waals surface area contributed by atoms with Crippen LogP contribution in [-0.4, -0.2) is 5.11 Å². The third kappa shape index (κ3) is 9.07. The van der Waals surface area contributed by atoms with E-state index >= 15 is 0 Å². The van der Waals surface area contributed by atoms with Gasteiger partial charge in [-0.2, -0.15) is 0 Å². The van der Waals surface area contributed by atoms with Gasteiger partial charge in [0.25, 0.3) is 0 Å². The van der Waals surface area contributed by atoms with Gasteiger partial charge in [0.15, 0.2) is 0 Å². The van der Waals surface area contributed by atoms with Crippen molar-refractivity contribution >= 4 is 0 Å². The Morgan fingerprint density at radius 3 is 2.00 bits per heavy atom. The molecule has 0 heterocycles. The van der Waals surface area contributed by atoms with Gasteiger partial charge in [-0.15, -0.1) is 0 Å². The summed E-state index contributed by atoms with van der Waals surface area (Å²) in [7, 11) is 0. The van der Waals surface area contributed by atoms with Crippen LogP contribution in [0.25, 0.3) is 0 Å². The molecule has 122 valence electrons. The van der Waals surface area contributed by atoms with E-state index in [4.69, 9.17) is 5.11 Å². The molecule has 0 saturated heterocycles. The average molecular weight is 293 g/mol. The van der Waals surface area contributed by atoms with Crippen LogP contribution in [0.1, 0.15) is 103 Å². The maximum Gasteiger partial charge on any atom is 0.107 e. The normalized spacial score (nSPS) is 21.2. The van der Waals surface area contributed by atoms with Crippen LogP contribution >= 0.6 is 0 Å². The van der Waals surface area contributed by atoms with Gasteiger partial charge in [0.2, 0.25) is 0 Å². The molecule has 0 aromatic rings. The highest BCUT2D eigenvalue weighted by atomic mass is 16.2. The summed E-state index contributed by atoms with van der Waals surface area (Å²) in [5.41, 5.74) is 0. The molecule has 0 aliphatic heterocycles. The van der Waals surface area contributed by atoms with Gasteiger partial charge >= 0.3 is 0 Å². The van der Waals surface area contributed by atoms with Crippen molar-refractivity contribution in [2.45, 2.75) is 103 Å². The van der Waals surface area contributed by atoms with Crippen LogP contribution in [0.5, 0.6) is 0 Å². The summed E-state index contributed by atoms with van der Waals surface area (Å²) in [6.07, 6.45) is 22.7. The fraction of sp³-hybridized carbons (Fsp3) is 0.900.